The van der Waals surface area contributed by atoms with Crippen LogP contribution in [0.3, 0.4) is 0 Å². The predicted molar refractivity (Wildman–Crippen MR) is 78.9 cm³/mol. The van der Waals surface area contributed by atoms with E-state index in [2.05, 4.69) is 4.98 Å². The molecule has 0 aliphatic carbocycles. The number of carboxylic acids is 1. The van der Waals surface area contributed by atoms with E-state index in [1.54, 1.807) is 29.8 Å². The van der Waals surface area contributed by atoms with Crippen molar-refractivity contribution in [2.75, 3.05) is 7.11 Å². The topological polar surface area (TPSA) is 63.8 Å². The Balaban J connectivity index is 2.28. The van der Waals surface area contributed by atoms with E-state index in [9.17, 15) is 9.90 Å². The first-order valence-corrected chi connectivity index (χ1v) is 6.47. The Hall–Kier alpha value is -2.82. The maximum Gasteiger partial charge on any atom is 0.355 e. The highest BCUT2D eigenvalue weighted by atomic mass is 16.5. The fourth-order valence-electron chi connectivity index (χ4n) is 2.36. The number of benzene rings is 1. The first-order chi connectivity index (χ1) is 10.1. The summed E-state index contributed by atoms with van der Waals surface area (Å²) in [5.41, 5.74) is 2.95. The van der Waals surface area contributed by atoms with Crippen LogP contribution in [-0.4, -0.2) is 27.6 Å². The number of rotatable bonds is 3. The molecule has 2 aromatic heterocycles. The third-order valence-electron chi connectivity index (χ3n) is 3.41. The molecule has 21 heavy (non-hydrogen) atoms. The Morgan fingerprint density at radius 2 is 1.95 bits per heavy atom. The maximum atomic E-state index is 11.6. The van der Waals surface area contributed by atoms with E-state index >= 15 is 0 Å². The number of carbonyl (C=O) groups is 1. The lowest BCUT2D eigenvalue weighted by Gasteiger charge is -2.02. The van der Waals surface area contributed by atoms with Crippen LogP contribution in [0.4, 0.5) is 0 Å². The molecule has 0 saturated heterocycles. The summed E-state index contributed by atoms with van der Waals surface area (Å²) in [6, 6.07) is 10.9. The minimum absolute atomic E-state index is 0.166. The number of aromatic carboxylic acids is 1. The minimum Gasteiger partial charge on any atom is -0.497 e. The average Bonchev–Trinajstić information content (AvgIpc) is 2.88. The van der Waals surface area contributed by atoms with Crippen LogP contribution >= 0.6 is 0 Å². The molecule has 0 atom stereocenters. The van der Waals surface area contributed by atoms with Crippen molar-refractivity contribution < 1.29 is 14.6 Å². The third-order valence-corrected chi connectivity index (χ3v) is 3.41. The highest BCUT2D eigenvalue weighted by Gasteiger charge is 2.20. The summed E-state index contributed by atoms with van der Waals surface area (Å²) >= 11 is 0. The van der Waals surface area contributed by atoms with Crippen LogP contribution in [0, 0.1) is 6.92 Å². The quantitative estimate of drug-likeness (QED) is 0.802. The molecule has 3 aromatic rings. The van der Waals surface area contributed by atoms with Crippen LogP contribution in [0.5, 0.6) is 5.75 Å². The fourth-order valence-corrected chi connectivity index (χ4v) is 2.36. The van der Waals surface area contributed by atoms with Crippen LogP contribution in [-0.2, 0) is 0 Å². The number of hydrogen-bond donors (Lipinski definition) is 1. The first kappa shape index (κ1) is 13.2. The number of imidazole rings is 1. The van der Waals surface area contributed by atoms with Gasteiger partial charge in [-0.3, -0.25) is 4.40 Å². The molecule has 1 N–H and O–H groups in total. The summed E-state index contributed by atoms with van der Waals surface area (Å²) in [6.07, 6.45) is 1.71. The zero-order valence-corrected chi connectivity index (χ0v) is 11.7. The van der Waals surface area contributed by atoms with Crippen molar-refractivity contribution in [3.8, 4) is 17.0 Å². The predicted octanol–water partition coefficient (Wildman–Crippen LogP) is 3.02. The molecule has 106 valence electrons. The van der Waals surface area contributed by atoms with Crippen LogP contribution in [0.2, 0.25) is 0 Å². The van der Waals surface area contributed by atoms with Crippen LogP contribution in [0.15, 0.2) is 42.6 Å². The second kappa shape index (κ2) is 4.94. The van der Waals surface area contributed by atoms with Crippen molar-refractivity contribution in [1.29, 1.82) is 0 Å². The molecular formula is C16H14N2O3. The number of nitrogens with zero attached hydrogens (tertiary/aromatic N) is 2. The van der Waals surface area contributed by atoms with Gasteiger partial charge in [0.1, 0.15) is 17.1 Å². The number of fused-ring (bicyclic) bond motifs is 1. The zero-order valence-electron chi connectivity index (χ0n) is 11.7. The maximum absolute atomic E-state index is 11.6. The third kappa shape index (κ3) is 2.12. The van der Waals surface area contributed by atoms with Gasteiger partial charge in [0.2, 0.25) is 0 Å². The Bertz CT molecular complexity index is 819. The van der Waals surface area contributed by atoms with E-state index in [1.165, 1.54) is 0 Å². The first-order valence-electron chi connectivity index (χ1n) is 6.47. The molecule has 0 saturated carbocycles. The molecule has 0 fully saturated rings. The van der Waals surface area contributed by atoms with E-state index in [0.29, 0.717) is 11.3 Å². The van der Waals surface area contributed by atoms with Crippen LogP contribution in [0.1, 0.15) is 16.1 Å². The molecule has 2 heterocycles. The van der Waals surface area contributed by atoms with Gasteiger partial charge in [-0.1, -0.05) is 6.07 Å². The number of carboxylic acid groups (broad SMARTS) is 1. The molecule has 3 rings (SSSR count). The summed E-state index contributed by atoms with van der Waals surface area (Å²) in [4.78, 5) is 16.1. The lowest BCUT2D eigenvalue weighted by molar-refractivity contribution is 0.0690. The molecular weight excluding hydrogens is 268 g/mol. The van der Waals surface area contributed by atoms with Crippen molar-refractivity contribution in [2.24, 2.45) is 0 Å². The normalized spacial score (nSPS) is 10.8. The largest absolute Gasteiger partial charge is 0.497 e. The van der Waals surface area contributed by atoms with Gasteiger partial charge in [-0.05, 0) is 42.8 Å². The molecule has 0 amide bonds. The van der Waals surface area contributed by atoms with Gasteiger partial charge >= 0.3 is 5.97 Å². The summed E-state index contributed by atoms with van der Waals surface area (Å²) in [5, 5.41) is 9.52. The lowest BCUT2D eigenvalue weighted by atomic mass is 10.1. The summed E-state index contributed by atoms with van der Waals surface area (Å²) < 4.78 is 6.73. The SMILES string of the molecule is COc1ccc(-c2nc3c(C)cccn3c2C(=O)O)cc1. The van der Waals surface area contributed by atoms with Gasteiger partial charge in [0.15, 0.2) is 5.69 Å². The number of pyridine rings is 1. The Labute approximate surface area is 121 Å². The van der Waals surface area contributed by atoms with Crippen molar-refractivity contribution in [3.63, 3.8) is 0 Å². The molecule has 1 aromatic carbocycles. The van der Waals surface area contributed by atoms with Crippen molar-refractivity contribution in [2.45, 2.75) is 6.92 Å². The highest BCUT2D eigenvalue weighted by molar-refractivity contribution is 5.95. The molecule has 0 radical (unpaired) electrons. The molecule has 0 aliphatic rings. The zero-order chi connectivity index (χ0) is 15.0. The Kier molecular flexibility index (Phi) is 3.10. The molecule has 5 heteroatoms. The fraction of sp³-hybridized carbons (Fsp3) is 0.125. The van der Waals surface area contributed by atoms with Gasteiger partial charge in [-0.2, -0.15) is 0 Å². The summed E-state index contributed by atoms with van der Waals surface area (Å²) in [5.74, 6) is -0.283. The van der Waals surface area contributed by atoms with E-state index < -0.39 is 5.97 Å². The number of aryl methyl sites for hydroxylation is 1. The molecule has 0 unspecified atom stereocenters. The molecule has 5 nitrogen and oxygen atoms in total. The smallest absolute Gasteiger partial charge is 0.355 e. The summed E-state index contributed by atoms with van der Waals surface area (Å²) in [7, 11) is 1.59. The van der Waals surface area contributed by atoms with E-state index in [-0.39, 0.29) is 5.69 Å². The Morgan fingerprint density at radius 3 is 2.57 bits per heavy atom. The van der Waals surface area contributed by atoms with E-state index in [4.69, 9.17) is 4.74 Å². The van der Waals surface area contributed by atoms with Gasteiger partial charge in [0, 0.05) is 11.8 Å². The van der Waals surface area contributed by atoms with Crippen molar-refractivity contribution >= 4 is 11.6 Å². The van der Waals surface area contributed by atoms with Gasteiger partial charge in [0.05, 0.1) is 7.11 Å². The van der Waals surface area contributed by atoms with Crippen molar-refractivity contribution in [3.05, 3.63) is 53.9 Å². The number of ether oxygens (including phenoxy) is 1. The van der Waals surface area contributed by atoms with Crippen molar-refractivity contribution in [1.82, 2.24) is 9.38 Å². The Morgan fingerprint density at radius 1 is 1.24 bits per heavy atom. The van der Waals surface area contributed by atoms with Gasteiger partial charge in [-0.25, -0.2) is 9.78 Å². The lowest BCUT2D eigenvalue weighted by Crippen LogP contribution is -2.03. The minimum atomic E-state index is -1.00. The van der Waals surface area contributed by atoms with Gasteiger partial charge < -0.3 is 9.84 Å². The second-order valence-corrected chi connectivity index (χ2v) is 4.73. The van der Waals surface area contributed by atoms with Gasteiger partial charge in [0.25, 0.3) is 0 Å². The number of methoxy groups -OCH3 is 1. The second-order valence-electron chi connectivity index (χ2n) is 4.73. The van der Waals surface area contributed by atoms with Crippen LogP contribution < -0.4 is 4.74 Å². The average molecular weight is 282 g/mol. The molecule has 0 bridgehead atoms. The van der Waals surface area contributed by atoms with Crippen LogP contribution in [0.25, 0.3) is 16.9 Å². The standard InChI is InChI=1S/C16H14N2O3/c1-10-4-3-9-18-14(16(19)20)13(17-15(10)18)11-5-7-12(21-2)8-6-11/h3-9H,1-2H3,(H,19,20). The van der Waals surface area contributed by atoms with Gasteiger partial charge in [-0.15, -0.1) is 0 Å². The monoisotopic (exact) mass is 282 g/mol. The van der Waals surface area contributed by atoms with E-state index in [1.807, 2.05) is 31.2 Å². The number of aromatic nitrogens is 2. The molecule has 0 aliphatic heterocycles. The number of hydrogen-bond acceptors (Lipinski definition) is 3. The van der Waals surface area contributed by atoms with E-state index in [0.717, 1.165) is 16.9 Å². The summed E-state index contributed by atoms with van der Waals surface area (Å²) in [6.45, 7) is 1.91. The highest BCUT2D eigenvalue weighted by Crippen LogP contribution is 2.27. The molecule has 0 spiro atoms.